The van der Waals surface area contributed by atoms with Crippen LogP contribution in [0.4, 0.5) is 13.2 Å². The Balaban J connectivity index is 2.31. The molecule has 2 aromatic rings. The van der Waals surface area contributed by atoms with Gasteiger partial charge < -0.3 is 5.11 Å². The number of hydrogen-bond donors (Lipinski definition) is 1. The molecule has 0 spiro atoms. The van der Waals surface area contributed by atoms with Crippen LogP contribution in [0.3, 0.4) is 0 Å². The summed E-state index contributed by atoms with van der Waals surface area (Å²) in [5.74, 6) is 0. The van der Waals surface area contributed by atoms with Crippen molar-refractivity contribution in [3.8, 4) is 0 Å². The SMILES string of the molecule is OC(Cc1ccccc1Cl)c1cc(C(F)(F)F)ccc1Br. The van der Waals surface area contributed by atoms with Crippen molar-refractivity contribution in [1.82, 2.24) is 0 Å². The molecule has 1 nitrogen and oxygen atoms in total. The maximum atomic E-state index is 12.7. The topological polar surface area (TPSA) is 20.2 Å². The maximum Gasteiger partial charge on any atom is 0.416 e. The fourth-order valence-electron chi connectivity index (χ4n) is 1.96. The fourth-order valence-corrected chi connectivity index (χ4v) is 2.68. The average molecular weight is 380 g/mol. The molecule has 0 saturated carbocycles. The molecule has 0 aromatic heterocycles. The average Bonchev–Trinajstić information content (AvgIpc) is 2.40. The second-order valence-electron chi connectivity index (χ2n) is 4.55. The number of benzene rings is 2. The Bertz CT molecular complexity index is 643. The highest BCUT2D eigenvalue weighted by Gasteiger charge is 2.31. The molecule has 1 atom stereocenters. The third kappa shape index (κ3) is 3.99. The first-order chi connectivity index (χ1) is 9.79. The van der Waals surface area contributed by atoms with E-state index in [1.807, 2.05) is 0 Å². The number of rotatable bonds is 3. The number of hydrogen-bond acceptors (Lipinski definition) is 1. The van der Waals surface area contributed by atoms with Crippen LogP contribution < -0.4 is 0 Å². The van der Waals surface area contributed by atoms with E-state index in [0.29, 0.717) is 15.1 Å². The van der Waals surface area contributed by atoms with Crippen LogP contribution in [-0.4, -0.2) is 5.11 Å². The quantitative estimate of drug-likeness (QED) is 0.757. The van der Waals surface area contributed by atoms with Crippen molar-refractivity contribution in [1.29, 1.82) is 0 Å². The summed E-state index contributed by atoms with van der Waals surface area (Å²) in [5.41, 5.74) is 0.0691. The molecule has 2 aromatic carbocycles. The highest BCUT2D eigenvalue weighted by molar-refractivity contribution is 9.10. The zero-order valence-corrected chi connectivity index (χ0v) is 13.0. The standard InChI is InChI=1S/C15H11BrClF3O/c16-12-6-5-10(15(18,19)20)8-11(12)14(21)7-9-3-1-2-4-13(9)17/h1-6,8,14,21H,7H2. The van der Waals surface area contributed by atoms with Crippen LogP contribution in [0.15, 0.2) is 46.9 Å². The number of aliphatic hydroxyl groups is 1. The van der Waals surface area contributed by atoms with Gasteiger partial charge >= 0.3 is 6.18 Å². The molecule has 0 aliphatic carbocycles. The monoisotopic (exact) mass is 378 g/mol. The lowest BCUT2D eigenvalue weighted by Gasteiger charge is -2.16. The zero-order chi connectivity index (χ0) is 15.6. The maximum absolute atomic E-state index is 12.7. The van der Waals surface area contributed by atoms with Crippen molar-refractivity contribution < 1.29 is 18.3 Å². The van der Waals surface area contributed by atoms with E-state index in [1.54, 1.807) is 24.3 Å². The van der Waals surface area contributed by atoms with E-state index < -0.39 is 17.8 Å². The first-order valence-corrected chi connectivity index (χ1v) is 7.24. The van der Waals surface area contributed by atoms with E-state index in [0.717, 1.165) is 12.1 Å². The van der Waals surface area contributed by atoms with Gasteiger partial charge in [-0.2, -0.15) is 13.2 Å². The van der Waals surface area contributed by atoms with Crippen molar-refractivity contribution in [2.45, 2.75) is 18.7 Å². The Morgan fingerprint density at radius 1 is 1.14 bits per heavy atom. The minimum absolute atomic E-state index is 0.138. The molecule has 1 N–H and O–H groups in total. The summed E-state index contributed by atoms with van der Waals surface area (Å²) >= 11 is 9.17. The first kappa shape index (κ1) is 16.3. The Morgan fingerprint density at radius 3 is 2.43 bits per heavy atom. The predicted octanol–water partition coefficient (Wildman–Crippen LogP) is 5.40. The van der Waals surface area contributed by atoms with Crippen LogP contribution in [0.5, 0.6) is 0 Å². The van der Waals surface area contributed by atoms with Crippen LogP contribution in [0.2, 0.25) is 5.02 Å². The van der Waals surface area contributed by atoms with Gasteiger partial charge in [0.25, 0.3) is 0 Å². The smallest absolute Gasteiger partial charge is 0.388 e. The van der Waals surface area contributed by atoms with Crippen molar-refractivity contribution in [2.75, 3.05) is 0 Å². The molecular weight excluding hydrogens is 369 g/mol. The second-order valence-corrected chi connectivity index (χ2v) is 5.81. The summed E-state index contributed by atoms with van der Waals surface area (Å²) in [6.07, 6.45) is -5.39. The van der Waals surface area contributed by atoms with Crippen LogP contribution in [0, 0.1) is 0 Å². The lowest BCUT2D eigenvalue weighted by atomic mass is 9.99. The Morgan fingerprint density at radius 2 is 1.81 bits per heavy atom. The van der Waals surface area contributed by atoms with Crippen molar-refractivity contribution in [3.05, 3.63) is 68.7 Å². The van der Waals surface area contributed by atoms with Gasteiger partial charge in [0.15, 0.2) is 0 Å². The van der Waals surface area contributed by atoms with Gasteiger partial charge in [0.2, 0.25) is 0 Å². The van der Waals surface area contributed by atoms with Gasteiger partial charge in [-0.3, -0.25) is 0 Å². The largest absolute Gasteiger partial charge is 0.416 e. The zero-order valence-electron chi connectivity index (χ0n) is 10.7. The molecule has 6 heteroatoms. The lowest BCUT2D eigenvalue weighted by Crippen LogP contribution is -2.09. The van der Waals surface area contributed by atoms with E-state index in [9.17, 15) is 18.3 Å². The molecule has 0 amide bonds. The molecule has 2 rings (SSSR count). The van der Waals surface area contributed by atoms with Gasteiger partial charge in [0.1, 0.15) is 0 Å². The van der Waals surface area contributed by atoms with Crippen molar-refractivity contribution in [2.24, 2.45) is 0 Å². The minimum Gasteiger partial charge on any atom is -0.388 e. The highest BCUT2D eigenvalue weighted by Crippen LogP contribution is 2.35. The summed E-state index contributed by atoms with van der Waals surface area (Å²) in [5, 5.41) is 10.7. The molecule has 21 heavy (non-hydrogen) atoms. The van der Waals surface area contributed by atoms with Crippen LogP contribution in [-0.2, 0) is 12.6 Å². The van der Waals surface area contributed by atoms with Gasteiger partial charge in [-0.05, 0) is 35.4 Å². The molecule has 112 valence electrons. The lowest BCUT2D eigenvalue weighted by molar-refractivity contribution is -0.137. The summed E-state index contributed by atoms with van der Waals surface area (Å²) in [4.78, 5) is 0. The van der Waals surface area contributed by atoms with Crippen LogP contribution in [0.1, 0.15) is 22.8 Å². The van der Waals surface area contributed by atoms with Crippen molar-refractivity contribution in [3.63, 3.8) is 0 Å². The molecule has 0 aliphatic rings. The Hall–Kier alpha value is -1.04. The normalized spacial score (nSPS) is 13.2. The minimum atomic E-state index is -4.44. The van der Waals surface area contributed by atoms with Crippen molar-refractivity contribution >= 4 is 27.5 Å². The van der Waals surface area contributed by atoms with Crippen LogP contribution >= 0.6 is 27.5 Å². The van der Waals surface area contributed by atoms with E-state index in [1.165, 1.54) is 6.07 Å². The Labute approximate surface area is 133 Å². The van der Waals surface area contributed by atoms with Gasteiger partial charge in [0.05, 0.1) is 11.7 Å². The van der Waals surface area contributed by atoms with Gasteiger partial charge in [-0.1, -0.05) is 45.7 Å². The molecule has 0 saturated heterocycles. The van der Waals surface area contributed by atoms with E-state index in [2.05, 4.69) is 15.9 Å². The summed E-state index contributed by atoms with van der Waals surface area (Å²) in [6.45, 7) is 0. The molecule has 0 radical (unpaired) electrons. The number of aliphatic hydroxyl groups excluding tert-OH is 1. The summed E-state index contributed by atoms with van der Waals surface area (Å²) in [7, 11) is 0. The Kier molecular flexibility index (Phi) is 4.96. The molecule has 0 bridgehead atoms. The van der Waals surface area contributed by atoms with Crippen LogP contribution in [0.25, 0.3) is 0 Å². The van der Waals surface area contributed by atoms with Gasteiger partial charge in [-0.25, -0.2) is 0 Å². The van der Waals surface area contributed by atoms with Gasteiger partial charge in [0, 0.05) is 15.9 Å². The van der Waals surface area contributed by atoms with E-state index in [4.69, 9.17) is 11.6 Å². The highest BCUT2D eigenvalue weighted by atomic mass is 79.9. The fraction of sp³-hybridized carbons (Fsp3) is 0.200. The van der Waals surface area contributed by atoms with Gasteiger partial charge in [-0.15, -0.1) is 0 Å². The molecule has 0 fully saturated rings. The summed E-state index contributed by atoms with van der Waals surface area (Å²) in [6, 6.07) is 10.1. The molecular formula is C15H11BrClF3O. The first-order valence-electron chi connectivity index (χ1n) is 6.07. The summed E-state index contributed by atoms with van der Waals surface area (Å²) < 4.78 is 38.6. The number of alkyl halides is 3. The van der Waals surface area contributed by atoms with E-state index >= 15 is 0 Å². The third-order valence-electron chi connectivity index (χ3n) is 3.05. The predicted molar refractivity (Wildman–Crippen MR) is 79.3 cm³/mol. The third-order valence-corrected chi connectivity index (χ3v) is 4.14. The van der Waals surface area contributed by atoms with E-state index in [-0.39, 0.29) is 12.0 Å². The molecule has 0 heterocycles. The molecule has 0 aliphatic heterocycles. The second kappa shape index (κ2) is 6.38. The number of halogens is 5. The molecule has 1 unspecified atom stereocenters.